The van der Waals surface area contributed by atoms with Gasteiger partial charge in [-0.1, -0.05) is 18.2 Å². The molecule has 0 unspecified atom stereocenters. The van der Waals surface area contributed by atoms with Crippen LogP contribution >= 0.6 is 0 Å². The maximum absolute atomic E-state index is 5.70. The molecule has 0 bridgehead atoms. The average Bonchev–Trinajstić information content (AvgIpc) is 2.96. The molecule has 1 fully saturated rings. The zero-order valence-electron chi connectivity index (χ0n) is 10.9. The number of nitrogens with one attached hydrogen (secondary N) is 1. The zero-order chi connectivity index (χ0) is 12.9. The summed E-state index contributed by atoms with van der Waals surface area (Å²) in [6.07, 6.45) is 0.819. The SMILES string of the molecule is c1ccc(-c2nnc(CCN3CCNCC3)o2)cc1. The molecular weight excluding hydrogens is 240 g/mol. The van der Waals surface area contributed by atoms with Crippen molar-refractivity contribution in [3.63, 3.8) is 0 Å². The van der Waals surface area contributed by atoms with Crippen molar-refractivity contribution in [2.24, 2.45) is 0 Å². The Labute approximate surface area is 112 Å². The Morgan fingerprint density at radius 1 is 1.11 bits per heavy atom. The Bertz CT molecular complexity index is 505. The molecule has 1 saturated heterocycles. The van der Waals surface area contributed by atoms with E-state index in [0.717, 1.165) is 50.6 Å². The van der Waals surface area contributed by atoms with E-state index >= 15 is 0 Å². The molecular formula is C14H18N4O. The second kappa shape index (κ2) is 5.95. The average molecular weight is 258 g/mol. The van der Waals surface area contributed by atoms with E-state index in [4.69, 9.17) is 4.42 Å². The van der Waals surface area contributed by atoms with Gasteiger partial charge in [-0.25, -0.2) is 0 Å². The summed E-state index contributed by atoms with van der Waals surface area (Å²) in [6, 6.07) is 9.88. The van der Waals surface area contributed by atoms with Gasteiger partial charge in [0.05, 0.1) is 0 Å². The first kappa shape index (κ1) is 12.3. The van der Waals surface area contributed by atoms with Gasteiger partial charge in [0.2, 0.25) is 11.8 Å². The molecule has 0 atom stereocenters. The molecule has 0 amide bonds. The summed E-state index contributed by atoms with van der Waals surface area (Å²) >= 11 is 0. The van der Waals surface area contributed by atoms with Crippen LogP contribution in [0, 0.1) is 0 Å². The summed E-state index contributed by atoms with van der Waals surface area (Å²) in [5.74, 6) is 1.33. The number of piperazine rings is 1. The standard InChI is InChI=1S/C14H18N4O/c1-2-4-12(5-3-1)14-17-16-13(19-14)6-9-18-10-7-15-8-11-18/h1-5,15H,6-11H2. The van der Waals surface area contributed by atoms with Crippen LogP contribution in [-0.4, -0.2) is 47.8 Å². The van der Waals surface area contributed by atoms with Gasteiger partial charge < -0.3 is 14.6 Å². The van der Waals surface area contributed by atoms with Crippen molar-refractivity contribution < 1.29 is 4.42 Å². The van der Waals surface area contributed by atoms with Crippen LogP contribution in [0.15, 0.2) is 34.7 Å². The lowest BCUT2D eigenvalue weighted by Crippen LogP contribution is -2.44. The summed E-state index contributed by atoms with van der Waals surface area (Å²) in [5.41, 5.74) is 0.975. The minimum absolute atomic E-state index is 0.607. The molecule has 1 aliphatic heterocycles. The molecule has 0 aliphatic carbocycles. The minimum atomic E-state index is 0.607. The summed E-state index contributed by atoms with van der Waals surface area (Å²) in [7, 11) is 0. The van der Waals surface area contributed by atoms with Gasteiger partial charge in [-0.2, -0.15) is 0 Å². The molecule has 5 heteroatoms. The van der Waals surface area contributed by atoms with Gasteiger partial charge in [0.1, 0.15) is 0 Å². The Hall–Kier alpha value is -1.72. The van der Waals surface area contributed by atoms with E-state index in [0.29, 0.717) is 5.89 Å². The van der Waals surface area contributed by atoms with Gasteiger partial charge >= 0.3 is 0 Å². The van der Waals surface area contributed by atoms with Gasteiger partial charge in [0, 0.05) is 44.7 Å². The second-order valence-corrected chi connectivity index (χ2v) is 4.71. The minimum Gasteiger partial charge on any atom is -0.421 e. The number of rotatable bonds is 4. The van der Waals surface area contributed by atoms with E-state index in [-0.39, 0.29) is 0 Å². The topological polar surface area (TPSA) is 54.2 Å². The third-order valence-electron chi connectivity index (χ3n) is 3.34. The molecule has 1 aliphatic rings. The highest BCUT2D eigenvalue weighted by Crippen LogP contribution is 2.17. The molecule has 19 heavy (non-hydrogen) atoms. The highest BCUT2D eigenvalue weighted by molar-refractivity contribution is 5.51. The van der Waals surface area contributed by atoms with E-state index in [9.17, 15) is 0 Å². The third kappa shape index (κ3) is 3.19. The normalized spacial score (nSPS) is 16.6. The quantitative estimate of drug-likeness (QED) is 0.892. The van der Waals surface area contributed by atoms with Gasteiger partial charge in [0.15, 0.2) is 0 Å². The second-order valence-electron chi connectivity index (χ2n) is 4.71. The Morgan fingerprint density at radius 2 is 1.89 bits per heavy atom. The van der Waals surface area contributed by atoms with Crippen molar-refractivity contribution in [2.75, 3.05) is 32.7 Å². The summed E-state index contributed by atoms with van der Waals surface area (Å²) in [5, 5.41) is 11.6. The molecule has 0 saturated carbocycles. The van der Waals surface area contributed by atoms with E-state index in [1.807, 2.05) is 30.3 Å². The lowest BCUT2D eigenvalue weighted by Gasteiger charge is -2.26. The van der Waals surface area contributed by atoms with Crippen molar-refractivity contribution in [3.05, 3.63) is 36.2 Å². The Balaban J connectivity index is 1.59. The molecule has 1 aromatic carbocycles. The number of hydrogen-bond donors (Lipinski definition) is 1. The first-order chi connectivity index (χ1) is 9.42. The van der Waals surface area contributed by atoms with Crippen molar-refractivity contribution in [1.82, 2.24) is 20.4 Å². The van der Waals surface area contributed by atoms with Crippen molar-refractivity contribution in [2.45, 2.75) is 6.42 Å². The van der Waals surface area contributed by atoms with Gasteiger partial charge in [-0.05, 0) is 12.1 Å². The molecule has 1 N–H and O–H groups in total. The predicted octanol–water partition coefficient (Wildman–Crippen LogP) is 1.18. The highest BCUT2D eigenvalue weighted by atomic mass is 16.4. The van der Waals surface area contributed by atoms with Crippen LogP contribution in [-0.2, 0) is 6.42 Å². The number of hydrogen-bond acceptors (Lipinski definition) is 5. The van der Waals surface area contributed by atoms with E-state index in [2.05, 4.69) is 20.4 Å². The molecule has 2 aromatic rings. The predicted molar refractivity (Wildman–Crippen MR) is 72.7 cm³/mol. The zero-order valence-corrected chi connectivity index (χ0v) is 10.9. The van der Waals surface area contributed by atoms with Crippen molar-refractivity contribution in [1.29, 1.82) is 0 Å². The lowest BCUT2D eigenvalue weighted by atomic mass is 10.2. The summed E-state index contributed by atoms with van der Waals surface area (Å²) in [4.78, 5) is 2.42. The number of aromatic nitrogens is 2. The summed E-state index contributed by atoms with van der Waals surface area (Å²) < 4.78 is 5.70. The van der Waals surface area contributed by atoms with Crippen LogP contribution in [0.2, 0.25) is 0 Å². The molecule has 0 radical (unpaired) electrons. The van der Waals surface area contributed by atoms with Gasteiger partial charge in [0.25, 0.3) is 0 Å². The lowest BCUT2D eigenvalue weighted by molar-refractivity contribution is 0.238. The first-order valence-corrected chi connectivity index (χ1v) is 6.73. The number of benzene rings is 1. The highest BCUT2D eigenvalue weighted by Gasteiger charge is 2.12. The molecule has 100 valence electrons. The fraction of sp³-hybridized carbons (Fsp3) is 0.429. The van der Waals surface area contributed by atoms with E-state index in [1.165, 1.54) is 0 Å². The maximum atomic E-state index is 5.70. The summed E-state index contributed by atoms with van der Waals surface area (Å²) in [6.45, 7) is 5.32. The molecule has 3 rings (SSSR count). The first-order valence-electron chi connectivity index (χ1n) is 6.73. The number of nitrogens with zero attached hydrogens (tertiary/aromatic N) is 3. The molecule has 0 spiro atoms. The van der Waals surface area contributed by atoms with Gasteiger partial charge in [-0.15, -0.1) is 10.2 Å². The van der Waals surface area contributed by atoms with Crippen LogP contribution in [0.4, 0.5) is 0 Å². The monoisotopic (exact) mass is 258 g/mol. The van der Waals surface area contributed by atoms with Crippen LogP contribution in [0.3, 0.4) is 0 Å². The molecule has 1 aromatic heterocycles. The van der Waals surface area contributed by atoms with E-state index in [1.54, 1.807) is 0 Å². The molecule has 5 nitrogen and oxygen atoms in total. The van der Waals surface area contributed by atoms with Crippen LogP contribution in [0.5, 0.6) is 0 Å². The van der Waals surface area contributed by atoms with Crippen molar-refractivity contribution in [3.8, 4) is 11.5 Å². The Morgan fingerprint density at radius 3 is 2.68 bits per heavy atom. The fourth-order valence-electron chi connectivity index (χ4n) is 2.24. The third-order valence-corrected chi connectivity index (χ3v) is 3.34. The van der Waals surface area contributed by atoms with Crippen LogP contribution in [0.25, 0.3) is 11.5 Å². The largest absolute Gasteiger partial charge is 0.421 e. The van der Waals surface area contributed by atoms with Crippen molar-refractivity contribution >= 4 is 0 Å². The fourth-order valence-corrected chi connectivity index (χ4v) is 2.24. The van der Waals surface area contributed by atoms with Crippen LogP contribution in [0.1, 0.15) is 5.89 Å². The van der Waals surface area contributed by atoms with E-state index < -0.39 is 0 Å². The Kier molecular flexibility index (Phi) is 3.86. The molecule has 2 heterocycles. The maximum Gasteiger partial charge on any atom is 0.247 e. The van der Waals surface area contributed by atoms with Crippen LogP contribution < -0.4 is 5.32 Å². The smallest absolute Gasteiger partial charge is 0.247 e. The van der Waals surface area contributed by atoms with Gasteiger partial charge in [-0.3, -0.25) is 0 Å².